The molecule has 0 aliphatic carbocycles. The topological polar surface area (TPSA) is 46.2 Å². The van der Waals surface area contributed by atoms with Crippen molar-refractivity contribution in [1.29, 1.82) is 0 Å². The van der Waals surface area contributed by atoms with Crippen LogP contribution in [0, 0.1) is 6.92 Å². The van der Waals surface area contributed by atoms with Crippen molar-refractivity contribution in [3.8, 4) is 0 Å². The number of benzene rings is 1. The monoisotopic (exact) mass is 347 g/mol. The van der Waals surface area contributed by atoms with E-state index in [0.29, 0.717) is 6.42 Å². The fourth-order valence-electron chi connectivity index (χ4n) is 2.05. The summed E-state index contributed by atoms with van der Waals surface area (Å²) in [5, 5.41) is 3.44. The van der Waals surface area contributed by atoms with E-state index in [1.807, 2.05) is 6.07 Å². The molecule has 0 amide bonds. The van der Waals surface area contributed by atoms with Gasteiger partial charge in [0.25, 0.3) is 0 Å². The molecule has 3 nitrogen and oxygen atoms in total. The van der Waals surface area contributed by atoms with Gasteiger partial charge in [-0.05, 0) is 49.6 Å². The van der Waals surface area contributed by atoms with Gasteiger partial charge in [-0.1, -0.05) is 28.9 Å². The number of hydrogen-bond acceptors (Lipinski definition) is 3. The second kappa shape index (κ2) is 7.41. The van der Waals surface area contributed by atoms with Crippen LogP contribution in [0.4, 0.5) is 0 Å². The molecule has 0 heterocycles. The predicted octanol–water partition coefficient (Wildman–Crippen LogP) is 3.23. The zero-order valence-corrected chi connectivity index (χ0v) is 14.1. The largest absolute Gasteiger partial charge is 0.310 e. The van der Waals surface area contributed by atoms with Crippen LogP contribution in [0.25, 0.3) is 0 Å². The Bertz CT molecular complexity index is 514. The fraction of sp³-hybridized carbons (Fsp3) is 0.571. The molecular weight excluding hydrogens is 326 g/mol. The molecule has 1 unspecified atom stereocenters. The van der Waals surface area contributed by atoms with Gasteiger partial charge in [0.2, 0.25) is 0 Å². The van der Waals surface area contributed by atoms with Crippen LogP contribution in [0.15, 0.2) is 22.7 Å². The smallest absolute Gasteiger partial charge is 0.147 e. The first-order chi connectivity index (χ1) is 8.83. The maximum atomic E-state index is 11.3. The van der Waals surface area contributed by atoms with E-state index in [1.165, 1.54) is 17.4 Å². The molecule has 108 valence electrons. The summed E-state index contributed by atoms with van der Waals surface area (Å²) < 4.78 is 23.7. The lowest BCUT2D eigenvalue weighted by Gasteiger charge is -2.21. The average molecular weight is 348 g/mol. The highest BCUT2D eigenvalue weighted by Gasteiger charge is 2.15. The van der Waals surface area contributed by atoms with Crippen LogP contribution < -0.4 is 5.32 Å². The molecule has 0 fully saturated rings. The van der Waals surface area contributed by atoms with E-state index in [-0.39, 0.29) is 11.8 Å². The Morgan fingerprint density at radius 2 is 2.05 bits per heavy atom. The van der Waals surface area contributed by atoms with Gasteiger partial charge in [-0.15, -0.1) is 0 Å². The van der Waals surface area contributed by atoms with Crippen molar-refractivity contribution in [2.45, 2.75) is 32.7 Å². The van der Waals surface area contributed by atoms with Gasteiger partial charge in [-0.3, -0.25) is 0 Å². The second-order valence-corrected chi connectivity index (χ2v) is 8.10. The molecule has 1 aromatic rings. The lowest BCUT2D eigenvalue weighted by Crippen LogP contribution is -2.25. The molecule has 0 aliphatic rings. The highest BCUT2D eigenvalue weighted by atomic mass is 79.9. The lowest BCUT2D eigenvalue weighted by molar-refractivity contribution is 0.511. The van der Waals surface area contributed by atoms with Gasteiger partial charge >= 0.3 is 0 Å². The van der Waals surface area contributed by atoms with E-state index in [9.17, 15) is 8.42 Å². The normalized spacial score (nSPS) is 13.5. The molecule has 5 heteroatoms. The molecule has 1 aromatic carbocycles. The first-order valence-corrected chi connectivity index (χ1v) is 9.36. The van der Waals surface area contributed by atoms with Gasteiger partial charge in [0.05, 0.1) is 5.75 Å². The first kappa shape index (κ1) is 16.7. The molecule has 1 rings (SSSR count). The standard InChI is InChI=1S/C14H22BrNO2S/c1-4-8-16-14(7-9-19(3,17)18)13-6-5-12(15)10-11(13)2/h5-6,10,14,16H,4,7-9H2,1-3H3. The van der Waals surface area contributed by atoms with Crippen molar-refractivity contribution >= 4 is 25.8 Å². The summed E-state index contributed by atoms with van der Waals surface area (Å²) >= 11 is 3.45. The minimum atomic E-state index is -2.92. The molecule has 0 saturated carbocycles. The molecule has 1 atom stereocenters. The maximum Gasteiger partial charge on any atom is 0.147 e. The first-order valence-electron chi connectivity index (χ1n) is 6.50. The number of halogens is 1. The van der Waals surface area contributed by atoms with E-state index in [1.54, 1.807) is 0 Å². The van der Waals surface area contributed by atoms with Crippen molar-refractivity contribution in [3.05, 3.63) is 33.8 Å². The summed E-state index contributed by atoms with van der Waals surface area (Å²) in [6, 6.07) is 6.23. The van der Waals surface area contributed by atoms with Crippen molar-refractivity contribution in [3.63, 3.8) is 0 Å². The number of hydrogen-bond donors (Lipinski definition) is 1. The van der Waals surface area contributed by atoms with Crippen molar-refractivity contribution < 1.29 is 8.42 Å². The zero-order valence-electron chi connectivity index (χ0n) is 11.7. The summed E-state index contributed by atoms with van der Waals surface area (Å²) in [4.78, 5) is 0. The summed E-state index contributed by atoms with van der Waals surface area (Å²) in [7, 11) is -2.92. The average Bonchev–Trinajstić information content (AvgIpc) is 2.29. The zero-order chi connectivity index (χ0) is 14.5. The van der Waals surface area contributed by atoms with Crippen LogP contribution >= 0.6 is 15.9 Å². The van der Waals surface area contributed by atoms with Crippen LogP contribution in [-0.4, -0.2) is 27.0 Å². The Morgan fingerprint density at radius 1 is 1.37 bits per heavy atom. The highest BCUT2D eigenvalue weighted by Crippen LogP contribution is 2.24. The maximum absolute atomic E-state index is 11.3. The van der Waals surface area contributed by atoms with Gasteiger partial charge in [0, 0.05) is 16.8 Å². The lowest BCUT2D eigenvalue weighted by atomic mass is 9.99. The third-order valence-electron chi connectivity index (χ3n) is 3.03. The molecule has 0 aliphatic heterocycles. The Hall–Kier alpha value is -0.390. The molecule has 0 bridgehead atoms. The van der Waals surface area contributed by atoms with Gasteiger partial charge in [0.15, 0.2) is 0 Å². The van der Waals surface area contributed by atoms with E-state index < -0.39 is 9.84 Å². The summed E-state index contributed by atoms with van der Waals surface area (Å²) in [5.41, 5.74) is 2.36. The highest BCUT2D eigenvalue weighted by molar-refractivity contribution is 9.10. The van der Waals surface area contributed by atoms with Gasteiger partial charge < -0.3 is 5.32 Å². The van der Waals surface area contributed by atoms with Gasteiger partial charge in [-0.2, -0.15) is 0 Å². The summed E-state index contributed by atoms with van der Waals surface area (Å²) in [5.74, 6) is 0.212. The Balaban J connectivity index is 2.88. The number of nitrogens with one attached hydrogen (secondary N) is 1. The fourth-order valence-corrected chi connectivity index (χ4v) is 3.19. The molecule has 0 radical (unpaired) electrons. The van der Waals surface area contributed by atoms with Crippen molar-refractivity contribution in [1.82, 2.24) is 5.32 Å². The number of aryl methyl sites for hydroxylation is 1. The third kappa shape index (κ3) is 6.06. The van der Waals surface area contributed by atoms with Crippen LogP contribution in [0.5, 0.6) is 0 Å². The molecular formula is C14H22BrNO2S. The van der Waals surface area contributed by atoms with E-state index in [4.69, 9.17) is 0 Å². The van der Waals surface area contributed by atoms with Crippen LogP contribution in [0.3, 0.4) is 0 Å². The molecule has 1 N–H and O–H groups in total. The van der Waals surface area contributed by atoms with E-state index in [2.05, 4.69) is 47.2 Å². The van der Waals surface area contributed by atoms with Crippen molar-refractivity contribution in [2.24, 2.45) is 0 Å². The minimum absolute atomic E-state index is 0.0998. The second-order valence-electron chi connectivity index (χ2n) is 4.93. The van der Waals surface area contributed by atoms with Crippen LogP contribution in [-0.2, 0) is 9.84 Å². The SMILES string of the molecule is CCCNC(CCS(C)(=O)=O)c1ccc(Br)cc1C. The van der Waals surface area contributed by atoms with Gasteiger partial charge in [-0.25, -0.2) is 8.42 Å². The molecule has 19 heavy (non-hydrogen) atoms. The van der Waals surface area contributed by atoms with Gasteiger partial charge in [0.1, 0.15) is 9.84 Å². The van der Waals surface area contributed by atoms with Crippen molar-refractivity contribution in [2.75, 3.05) is 18.6 Å². The van der Waals surface area contributed by atoms with Crippen LogP contribution in [0.1, 0.15) is 36.9 Å². The summed E-state index contributed by atoms with van der Waals surface area (Å²) in [6.07, 6.45) is 2.94. The molecule has 0 aromatic heterocycles. The Kier molecular flexibility index (Phi) is 6.50. The Labute approximate surface area is 124 Å². The third-order valence-corrected chi connectivity index (χ3v) is 4.50. The van der Waals surface area contributed by atoms with E-state index >= 15 is 0 Å². The quantitative estimate of drug-likeness (QED) is 0.823. The predicted molar refractivity (Wildman–Crippen MR) is 84.2 cm³/mol. The van der Waals surface area contributed by atoms with Crippen LogP contribution in [0.2, 0.25) is 0 Å². The number of rotatable bonds is 7. The molecule has 0 spiro atoms. The summed E-state index contributed by atoms with van der Waals surface area (Å²) in [6.45, 7) is 5.06. The molecule has 0 saturated heterocycles. The van der Waals surface area contributed by atoms with E-state index in [0.717, 1.165) is 17.4 Å². The minimum Gasteiger partial charge on any atom is -0.310 e. The Morgan fingerprint density at radius 3 is 2.58 bits per heavy atom. The number of sulfone groups is 1.